The smallest absolute Gasteiger partial charge is 0.273 e. The summed E-state index contributed by atoms with van der Waals surface area (Å²) in [4.78, 5) is 28.9. The van der Waals surface area contributed by atoms with E-state index in [1.165, 1.54) is 26.4 Å². The number of hydrogen-bond acceptors (Lipinski definition) is 9. The molecule has 13 heteroatoms. The van der Waals surface area contributed by atoms with Crippen LogP contribution in [0, 0.1) is 5.92 Å². The highest BCUT2D eigenvalue weighted by atomic mass is 79.9. The van der Waals surface area contributed by atoms with Gasteiger partial charge < -0.3 is 21.7 Å². The van der Waals surface area contributed by atoms with Crippen LogP contribution in [0.5, 0.6) is 0 Å². The second-order valence-electron chi connectivity index (χ2n) is 6.65. The number of nitrogen functional groups attached to an aromatic ring is 1. The number of amides is 2. The van der Waals surface area contributed by atoms with Crippen molar-refractivity contribution in [1.29, 1.82) is 0 Å². The van der Waals surface area contributed by atoms with E-state index in [-0.39, 0.29) is 45.6 Å². The molecule has 1 atom stereocenters. The number of aromatic nitrogens is 3. The molecule has 1 unspecified atom stereocenters. The molecule has 0 bridgehead atoms. The van der Waals surface area contributed by atoms with E-state index in [4.69, 9.17) is 5.73 Å². The normalized spacial score (nSPS) is 15.1. The molecule has 2 aromatic rings. The zero-order chi connectivity index (χ0) is 22.1. The van der Waals surface area contributed by atoms with Gasteiger partial charge in [-0.2, -0.15) is 0 Å². The summed E-state index contributed by atoms with van der Waals surface area (Å²) in [6.07, 6.45) is 3.12. The van der Waals surface area contributed by atoms with E-state index in [1.807, 2.05) is 0 Å². The first kappa shape index (κ1) is 21.9. The Morgan fingerprint density at radius 3 is 2.60 bits per heavy atom. The number of halogens is 1. The van der Waals surface area contributed by atoms with E-state index in [0.29, 0.717) is 4.47 Å². The van der Waals surface area contributed by atoms with Gasteiger partial charge in [-0.05, 0) is 34.8 Å². The van der Waals surface area contributed by atoms with E-state index in [9.17, 15) is 13.8 Å². The highest BCUT2D eigenvalue weighted by Gasteiger charge is 2.30. The zero-order valence-electron chi connectivity index (χ0n) is 16.5. The topological polar surface area (TPSA) is 164 Å². The quantitative estimate of drug-likeness (QED) is 0.469. The second-order valence-corrected chi connectivity index (χ2v) is 9.91. The maximum atomic E-state index is 12.9. The third-order valence-corrected chi connectivity index (χ3v) is 6.87. The standard InChI is InChI=1S/C17H21BrN8O3S/c1-20-17(28)13-10(7-12(25-26-13)23-16(27)8-4-5-8)22-15-11(30(3,29)21-2)6-9(18)14(19)24-15/h6-8H,4-5H2,1-3H3,(H,20,28)(H4,19,22,23,24,25,27). The summed E-state index contributed by atoms with van der Waals surface area (Å²) in [5.41, 5.74) is 6.07. The molecule has 1 aliphatic rings. The monoisotopic (exact) mass is 496 g/mol. The van der Waals surface area contributed by atoms with Crippen molar-refractivity contribution in [1.82, 2.24) is 20.5 Å². The highest BCUT2D eigenvalue weighted by Crippen LogP contribution is 2.32. The molecular formula is C17H21BrN8O3S. The third kappa shape index (κ3) is 4.67. The van der Waals surface area contributed by atoms with Crippen LogP contribution in [0.4, 0.5) is 23.1 Å². The molecule has 1 saturated carbocycles. The van der Waals surface area contributed by atoms with Gasteiger partial charge in [-0.25, -0.2) is 13.6 Å². The van der Waals surface area contributed by atoms with Crippen LogP contribution in [0.3, 0.4) is 0 Å². The summed E-state index contributed by atoms with van der Waals surface area (Å²) in [6, 6.07) is 3.02. The maximum absolute atomic E-state index is 12.9. The minimum absolute atomic E-state index is 0.0303. The number of nitrogens with two attached hydrogens (primary N) is 1. The molecule has 3 rings (SSSR count). The van der Waals surface area contributed by atoms with Crippen molar-refractivity contribution in [3.63, 3.8) is 0 Å². The summed E-state index contributed by atoms with van der Waals surface area (Å²) in [5, 5.41) is 15.9. The molecular weight excluding hydrogens is 476 g/mol. The van der Waals surface area contributed by atoms with Crippen LogP contribution in [0.15, 0.2) is 25.9 Å². The third-order valence-electron chi connectivity index (χ3n) is 4.41. The van der Waals surface area contributed by atoms with Crippen LogP contribution >= 0.6 is 15.9 Å². The van der Waals surface area contributed by atoms with Crippen molar-refractivity contribution in [2.24, 2.45) is 10.3 Å². The molecule has 1 fully saturated rings. The molecule has 1 aliphatic carbocycles. The lowest BCUT2D eigenvalue weighted by atomic mass is 10.2. The van der Waals surface area contributed by atoms with E-state index in [2.05, 4.69) is 51.4 Å². The summed E-state index contributed by atoms with van der Waals surface area (Å²) in [6.45, 7) is 0. The lowest BCUT2D eigenvalue weighted by Crippen LogP contribution is -2.23. The van der Waals surface area contributed by atoms with E-state index < -0.39 is 15.6 Å². The molecule has 0 spiro atoms. The molecule has 5 N–H and O–H groups in total. The van der Waals surface area contributed by atoms with Crippen LogP contribution in [-0.2, 0) is 14.5 Å². The predicted molar refractivity (Wildman–Crippen MR) is 117 cm³/mol. The average molecular weight is 497 g/mol. The largest absolute Gasteiger partial charge is 0.383 e. The maximum Gasteiger partial charge on any atom is 0.273 e. The van der Waals surface area contributed by atoms with Gasteiger partial charge in [-0.15, -0.1) is 10.2 Å². The molecule has 2 heterocycles. The van der Waals surface area contributed by atoms with E-state index in [0.717, 1.165) is 12.8 Å². The van der Waals surface area contributed by atoms with Gasteiger partial charge >= 0.3 is 0 Å². The van der Waals surface area contributed by atoms with Crippen molar-refractivity contribution in [3.05, 3.63) is 22.3 Å². The molecule has 0 radical (unpaired) electrons. The number of nitrogens with one attached hydrogen (secondary N) is 3. The van der Waals surface area contributed by atoms with Crippen molar-refractivity contribution in [2.75, 3.05) is 36.7 Å². The predicted octanol–water partition coefficient (Wildman–Crippen LogP) is 1.75. The first-order valence-corrected chi connectivity index (χ1v) is 11.6. The Morgan fingerprint density at radius 2 is 2.00 bits per heavy atom. The number of carbonyl (C=O) groups is 2. The number of hydrogen-bond donors (Lipinski definition) is 4. The van der Waals surface area contributed by atoms with Crippen molar-refractivity contribution >= 4 is 60.6 Å². The van der Waals surface area contributed by atoms with Gasteiger partial charge in [-0.3, -0.25) is 9.59 Å². The van der Waals surface area contributed by atoms with Crippen LogP contribution in [0.2, 0.25) is 0 Å². The van der Waals surface area contributed by atoms with E-state index >= 15 is 0 Å². The van der Waals surface area contributed by atoms with Crippen molar-refractivity contribution < 1.29 is 13.8 Å². The molecule has 2 amide bonds. The Balaban J connectivity index is 2.08. The van der Waals surface area contributed by atoms with Gasteiger partial charge in [0.05, 0.1) is 24.8 Å². The van der Waals surface area contributed by atoms with Gasteiger partial charge in [0, 0.05) is 32.3 Å². The molecule has 30 heavy (non-hydrogen) atoms. The molecule has 0 aliphatic heterocycles. The van der Waals surface area contributed by atoms with Gasteiger partial charge in [0.1, 0.15) is 11.6 Å². The molecule has 11 nitrogen and oxygen atoms in total. The lowest BCUT2D eigenvalue weighted by molar-refractivity contribution is -0.117. The molecule has 0 aromatic carbocycles. The summed E-state index contributed by atoms with van der Waals surface area (Å²) < 4.78 is 17.3. The number of nitrogens with zero attached hydrogens (tertiary/aromatic N) is 4. The summed E-state index contributed by atoms with van der Waals surface area (Å²) >= 11 is 3.28. The number of anilines is 4. The fourth-order valence-corrected chi connectivity index (χ4v) is 3.96. The van der Waals surface area contributed by atoms with Crippen molar-refractivity contribution in [3.8, 4) is 0 Å². The highest BCUT2D eigenvalue weighted by molar-refractivity contribution is 9.10. The van der Waals surface area contributed by atoms with Gasteiger partial charge in [0.2, 0.25) is 5.91 Å². The van der Waals surface area contributed by atoms with Crippen LogP contribution in [0.25, 0.3) is 0 Å². The Labute approximate surface area is 181 Å². The van der Waals surface area contributed by atoms with E-state index in [1.54, 1.807) is 6.07 Å². The number of pyridine rings is 1. The van der Waals surface area contributed by atoms with Crippen LogP contribution in [-0.4, -0.2) is 51.6 Å². The second kappa shape index (κ2) is 8.52. The zero-order valence-corrected chi connectivity index (χ0v) is 18.9. The Hall–Kier alpha value is -2.80. The van der Waals surface area contributed by atoms with Gasteiger partial charge in [0.15, 0.2) is 11.5 Å². The van der Waals surface area contributed by atoms with Crippen molar-refractivity contribution in [2.45, 2.75) is 17.7 Å². The lowest BCUT2D eigenvalue weighted by Gasteiger charge is -2.16. The molecule has 2 aromatic heterocycles. The van der Waals surface area contributed by atoms with Gasteiger partial charge in [0.25, 0.3) is 5.91 Å². The molecule has 0 saturated heterocycles. The minimum atomic E-state index is -2.80. The average Bonchev–Trinajstić information content (AvgIpc) is 3.55. The summed E-state index contributed by atoms with van der Waals surface area (Å²) in [7, 11) is 0.0866. The fourth-order valence-electron chi connectivity index (χ4n) is 2.50. The fraction of sp³-hybridized carbons (Fsp3) is 0.353. The SMILES string of the molecule is CN=S(C)(=O)c1cc(Br)c(N)nc1Nc1cc(NC(=O)C2CC2)nnc1C(=O)NC. The Morgan fingerprint density at radius 1 is 1.30 bits per heavy atom. The molecule has 160 valence electrons. The Bertz CT molecular complexity index is 1140. The number of carbonyl (C=O) groups excluding carboxylic acids is 2. The first-order valence-electron chi connectivity index (χ1n) is 8.90. The van der Waals surface area contributed by atoms with Crippen LogP contribution < -0.4 is 21.7 Å². The Kier molecular flexibility index (Phi) is 6.22. The minimum Gasteiger partial charge on any atom is -0.383 e. The number of rotatable bonds is 6. The van der Waals surface area contributed by atoms with Gasteiger partial charge in [-0.1, -0.05) is 0 Å². The van der Waals surface area contributed by atoms with Crippen LogP contribution in [0.1, 0.15) is 23.3 Å². The first-order chi connectivity index (χ1) is 14.2. The summed E-state index contributed by atoms with van der Waals surface area (Å²) in [5.74, 6) is -0.224.